The lowest BCUT2D eigenvalue weighted by Crippen LogP contribution is -2.41. The van der Waals surface area contributed by atoms with Crippen molar-refractivity contribution in [3.8, 4) is 5.75 Å². The van der Waals surface area contributed by atoms with E-state index in [1.165, 1.54) is 25.3 Å². The highest BCUT2D eigenvalue weighted by atomic mass is 32.1. The molecule has 0 saturated heterocycles. The molecule has 3 rings (SSSR count). The first-order valence-corrected chi connectivity index (χ1v) is 8.42. The number of para-hydroxylation sites is 1. The molecule has 1 aromatic heterocycles. The van der Waals surface area contributed by atoms with Gasteiger partial charge < -0.3 is 9.84 Å². The van der Waals surface area contributed by atoms with Crippen molar-refractivity contribution < 1.29 is 23.8 Å². The fourth-order valence-electron chi connectivity index (χ4n) is 2.54. The number of methoxy groups -OCH3 is 1. The molecule has 6 nitrogen and oxygen atoms in total. The van der Waals surface area contributed by atoms with E-state index >= 15 is 0 Å². The number of nitrogens with one attached hydrogen (secondary N) is 2. The summed E-state index contributed by atoms with van der Waals surface area (Å²) in [5.74, 6) is -1.91. The lowest BCUT2D eigenvalue weighted by atomic mass is 10.1. The topological polar surface area (TPSA) is 87.7 Å². The molecule has 0 unspecified atom stereocenters. The number of phenolic OH excluding ortho intramolecular Hbond substituents is 1. The Morgan fingerprint density at radius 3 is 2.58 bits per heavy atom. The molecule has 0 bridgehead atoms. The second kappa shape index (κ2) is 7.51. The Morgan fingerprint density at radius 2 is 1.85 bits per heavy atom. The molecule has 0 spiro atoms. The van der Waals surface area contributed by atoms with Crippen molar-refractivity contribution in [2.45, 2.75) is 6.61 Å². The van der Waals surface area contributed by atoms with E-state index in [0.29, 0.717) is 15.6 Å². The number of carbonyl (C=O) groups excluding carboxylic acids is 2. The predicted molar refractivity (Wildman–Crippen MR) is 95.5 cm³/mol. The largest absolute Gasteiger partial charge is 0.507 e. The molecular weight excluding hydrogens is 359 g/mol. The summed E-state index contributed by atoms with van der Waals surface area (Å²) in [5, 5.41) is 10.0. The Hall–Kier alpha value is -2.97. The van der Waals surface area contributed by atoms with Gasteiger partial charge in [0.15, 0.2) is 0 Å². The fraction of sp³-hybridized carbons (Fsp3) is 0.111. The van der Waals surface area contributed by atoms with Gasteiger partial charge in [0.05, 0.1) is 12.2 Å². The number of hydrogen-bond acceptors (Lipinski definition) is 5. The number of benzene rings is 2. The molecular formula is C18H15FN2O4S. The van der Waals surface area contributed by atoms with E-state index in [1.54, 1.807) is 24.3 Å². The number of rotatable bonds is 4. The van der Waals surface area contributed by atoms with Gasteiger partial charge in [-0.2, -0.15) is 0 Å². The molecule has 0 aliphatic carbocycles. The van der Waals surface area contributed by atoms with Crippen LogP contribution in [0.15, 0.2) is 42.5 Å². The molecule has 2 amide bonds. The summed E-state index contributed by atoms with van der Waals surface area (Å²) >= 11 is 1.10. The van der Waals surface area contributed by atoms with Gasteiger partial charge in [-0.1, -0.05) is 18.2 Å². The Balaban J connectivity index is 1.84. The number of halogens is 1. The lowest BCUT2D eigenvalue weighted by Gasteiger charge is -2.09. The average molecular weight is 374 g/mol. The van der Waals surface area contributed by atoms with Crippen LogP contribution in [-0.4, -0.2) is 24.0 Å². The lowest BCUT2D eigenvalue weighted by molar-refractivity contribution is 0.0845. The van der Waals surface area contributed by atoms with Crippen molar-refractivity contribution in [3.63, 3.8) is 0 Å². The molecule has 26 heavy (non-hydrogen) atoms. The summed E-state index contributed by atoms with van der Waals surface area (Å²) in [6.45, 7) is 0.0527. The van der Waals surface area contributed by atoms with Gasteiger partial charge in [0.1, 0.15) is 16.4 Å². The Bertz CT molecular complexity index is 986. The van der Waals surface area contributed by atoms with Crippen molar-refractivity contribution in [2.75, 3.05) is 7.11 Å². The number of fused-ring (bicyclic) bond motifs is 1. The van der Waals surface area contributed by atoms with Crippen LogP contribution < -0.4 is 10.9 Å². The highest BCUT2D eigenvalue weighted by molar-refractivity contribution is 7.21. The van der Waals surface area contributed by atoms with Crippen LogP contribution in [0.5, 0.6) is 5.75 Å². The van der Waals surface area contributed by atoms with Crippen LogP contribution in [-0.2, 0) is 11.3 Å². The zero-order valence-electron chi connectivity index (χ0n) is 13.7. The number of carbonyl (C=O) groups is 2. The van der Waals surface area contributed by atoms with Gasteiger partial charge in [0.2, 0.25) is 0 Å². The smallest absolute Gasteiger partial charge is 0.280 e. The van der Waals surface area contributed by atoms with Crippen LogP contribution in [0.3, 0.4) is 0 Å². The SMILES string of the molecule is COCc1c(C(=O)NNC(=O)c2ccccc2O)sc2cccc(F)c12. The van der Waals surface area contributed by atoms with E-state index in [1.807, 2.05) is 0 Å². The minimum Gasteiger partial charge on any atom is -0.507 e. The maximum atomic E-state index is 14.1. The molecule has 1 heterocycles. The first-order chi connectivity index (χ1) is 12.5. The van der Waals surface area contributed by atoms with Crippen LogP contribution in [0.4, 0.5) is 4.39 Å². The summed E-state index contributed by atoms with van der Waals surface area (Å²) < 4.78 is 19.8. The molecule has 3 N–H and O–H groups in total. The maximum absolute atomic E-state index is 14.1. The van der Waals surface area contributed by atoms with E-state index in [4.69, 9.17) is 4.74 Å². The van der Waals surface area contributed by atoms with E-state index in [-0.39, 0.29) is 22.8 Å². The van der Waals surface area contributed by atoms with Gasteiger partial charge in [-0.3, -0.25) is 20.4 Å². The van der Waals surface area contributed by atoms with Gasteiger partial charge in [0, 0.05) is 22.8 Å². The minimum atomic E-state index is -0.669. The number of phenols is 1. The highest BCUT2D eigenvalue weighted by Crippen LogP contribution is 2.33. The number of thiophene rings is 1. The van der Waals surface area contributed by atoms with E-state index in [9.17, 15) is 19.1 Å². The molecule has 0 atom stereocenters. The monoisotopic (exact) mass is 374 g/mol. The third-order valence-electron chi connectivity index (χ3n) is 3.70. The maximum Gasteiger partial charge on any atom is 0.280 e. The second-order valence-corrected chi connectivity index (χ2v) is 6.43. The summed E-state index contributed by atoms with van der Waals surface area (Å²) in [6, 6.07) is 10.5. The van der Waals surface area contributed by atoms with E-state index in [0.717, 1.165) is 11.3 Å². The van der Waals surface area contributed by atoms with Crippen molar-refractivity contribution in [2.24, 2.45) is 0 Å². The molecule has 0 aliphatic rings. The van der Waals surface area contributed by atoms with Crippen LogP contribution >= 0.6 is 11.3 Å². The van der Waals surface area contributed by atoms with Gasteiger partial charge in [-0.15, -0.1) is 11.3 Å². The van der Waals surface area contributed by atoms with Crippen molar-refractivity contribution >= 4 is 33.2 Å². The fourth-order valence-corrected chi connectivity index (χ4v) is 3.65. The highest BCUT2D eigenvalue weighted by Gasteiger charge is 2.21. The van der Waals surface area contributed by atoms with E-state index < -0.39 is 17.6 Å². The summed E-state index contributed by atoms with van der Waals surface area (Å²) in [5.41, 5.74) is 4.96. The molecule has 0 saturated carbocycles. The molecule has 0 fully saturated rings. The molecule has 0 radical (unpaired) electrons. The predicted octanol–water partition coefficient (Wildman–Crippen LogP) is 2.97. The minimum absolute atomic E-state index is 0.0206. The molecule has 134 valence electrons. The summed E-state index contributed by atoms with van der Waals surface area (Å²) in [4.78, 5) is 24.8. The standard InChI is InChI=1S/C18H15FN2O4S/c1-25-9-11-15-12(19)6-4-8-14(15)26-16(11)18(24)21-20-17(23)10-5-2-3-7-13(10)22/h2-8,22H,9H2,1H3,(H,20,23)(H,21,24). The summed E-state index contributed by atoms with van der Waals surface area (Å²) in [7, 11) is 1.45. The van der Waals surface area contributed by atoms with Gasteiger partial charge >= 0.3 is 0 Å². The second-order valence-electron chi connectivity index (χ2n) is 5.38. The molecule has 0 aliphatic heterocycles. The molecule has 3 aromatic rings. The van der Waals surface area contributed by atoms with Gasteiger partial charge in [-0.25, -0.2) is 4.39 Å². The normalized spacial score (nSPS) is 10.7. The summed E-state index contributed by atoms with van der Waals surface area (Å²) in [6.07, 6.45) is 0. The Kier molecular flexibility index (Phi) is 5.15. The van der Waals surface area contributed by atoms with Crippen molar-refractivity contribution in [1.29, 1.82) is 0 Å². The average Bonchev–Trinajstić information content (AvgIpc) is 3.00. The number of aromatic hydroxyl groups is 1. The first-order valence-electron chi connectivity index (χ1n) is 7.60. The van der Waals surface area contributed by atoms with Crippen LogP contribution in [0.25, 0.3) is 10.1 Å². The molecule has 8 heteroatoms. The number of hydrazine groups is 1. The number of ether oxygens (including phenoxy) is 1. The Morgan fingerprint density at radius 1 is 1.12 bits per heavy atom. The zero-order valence-corrected chi connectivity index (χ0v) is 14.5. The Labute approximate surface area is 152 Å². The van der Waals surface area contributed by atoms with Crippen molar-refractivity contribution in [3.05, 3.63) is 64.3 Å². The quantitative estimate of drug-likeness (QED) is 0.613. The number of amides is 2. The van der Waals surface area contributed by atoms with Gasteiger partial charge in [0.25, 0.3) is 11.8 Å². The number of hydrogen-bond donors (Lipinski definition) is 3. The van der Waals surface area contributed by atoms with Crippen LogP contribution in [0.2, 0.25) is 0 Å². The molecule has 2 aromatic carbocycles. The zero-order chi connectivity index (χ0) is 18.7. The van der Waals surface area contributed by atoms with Crippen LogP contribution in [0.1, 0.15) is 25.6 Å². The van der Waals surface area contributed by atoms with Gasteiger partial charge in [-0.05, 0) is 24.3 Å². The van der Waals surface area contributed by atoms with Crippen LogP contribution in [0, 0.1) is 5.82 Å². The third kappa shape index (κ3) is 3.37. The van der Waals surface area contributed by atoms with Crippen molar-refractivity contribution in [1.82, 2.24) is 10.9 Å². The third-order valence-corrected chi connectivity index (χ3v) is 4.89. The first kappa shape index (κ1) is 17.8. The van der Waals surface area contributed by atoms with E-state index in [2.05, 4.69) is 10.9 Å².